The summed E-state index contributed by atoms with van der Waals surface area (Å²) in [7, 11) is 0. The molecule has 1 saturated heterocycles. The van der Waals surface area contributed by atoms with Crippen molar-refractivity contribution >= 4 is 82.4 Å². The number of carboxylic acids is 2. The first kappa shape index (κ1) is 31.5. The van der Waals surface area contributed by atoms with Crippen LogP contribution in [0.2, 0.25) is 10.0 Å². The number of carbonyl (C=O) groups excluding carboxylic acids is 2. The zero-order chi connectivity index (χ0) is 29.8. The highest BCUT2D eigenvalue weighted by atomic mass is 35.5. The molecule has 0 aliphatic carbocycles. The number of aliphatic carboxylic acids is 2. The number of carboxylic acid groups (broad SMARTS) is 2. The minimum atomic E-state index is -1.19. The molecule has 0 spiro atoms. The summed E-state index contributed by atoms with van der Waals surface area (Å²) in [6, 6.07) is 6.90. The van der Waals surface area contributed by atoms with E-state index in [0.29, 0.717) is 51.4 Å². The Labute approximate surface area is 259 Å². The first-order valence-electron chi connectivity index (χ1n) is 12.4. The molecule has 1 aromatic carbocycles. The number of carbonyl (C=O) groups is 4. The van der Waals surface area contributed by atoms with Gasteiger partial charge in [-0.1, -0.05) is 23.2 Å². The Bertz CT molecular complexity index is 1390. The van der Waals surface area contributed by atoms with Gasteiger partial charge < -0.3 is 15.9 Å². The first-order chi connectivity index (χ1) is 19.5. The molecule has 0 saturated carbocycles. The lowest BCUT2D eigenvalue weighted by Gasteiger charge is -2.52. The smallest absolute Gasteiger partial charge is 0.352 e. The van der Waals surface area contributed by atoms with E-state index in [-0.39, 0.29) is 11.6 Å². The van der Waals surface area contributed by atoms with Crippen LogP contribution in [0.1, 0.15) is 19.8 Å². The lowest BCUT2D eigenvalue weighted by Crippen LogP contribution is -2.70. The Kier molecular flexibility index (Phi) is 10.5. The number of aromatic nitrogens is 1. The van der Waals surface area contributed by atoms with E-state index in [0.717, 1.165) is 16.8 Å². The van der Waals surface area contributed by atoms with Crippen LogP contribution >= 0.6 is 58.7 Å². The van der Waals surface area contributed by atoms with E-state index in [1.165, 1.54) is 39.7 Å². The van der Waals surface area contributed by atoms with Gasteiger partial charge >= 0.3 is 11.9 Å². The van der Waals surface area contributed by atoms with Crippen molar-refractivity contribution in [1.29, 1.82) is 0 Å². The lowest BCUT2D eigenvalue weighted by atomic mass is 10.0. The van der Waals surface area contributed by atoms with Gasteiger partial charge in [-0.15, -0.1) is 23.5 Å². The van der Waals surface area contributed by atoms with Crippen LogP contribution in [0, 0.1) is 0 Å². The Morgan fingerprint density at radius 3 is 2.56 bits per heavy atom. The maximum atomic E-state index is 13.3. The van der Waals surface area contributed by atoms with Gasteiger partial charge in [0, 0.05) is 51.8 Å². The first-order valence-corrected chi connectivity index (χ1v) is 16.0. The predicted molar refractivity (Wildman–Crippen MR) is 159 cm³/mol. The molecule has 15 heteroatoms. The summed E-state index contributed by atoms with van der Waals surface area (Å²) in [4.78, 5) is 51.7. The highest BCUT2D eigenvalue weighted by Gasteiger charge is 2.57. The second-order valence-corrected chi connectivity index (χ2v) is 13.3. The van der Waals surface area contributed by atoms with Crippen LogP contribution in [-0.4, -0.2) is 72.1 Å². The molecule has 4 N–H and O–H groups in total. The highest BCUT2D eigenvalue weighted by molar-refractivity contribution is 8.01. The van der Waals surface area contributed by atoms with E-state index in [2.05, 4.69) is 0 Å². The van der Waals surface area contributed by atoms with Gasteiger partial charge in [0.1, 0.15) is 23.7 Å². The molecule has 2 aliphatic heterocycles. The summed E-state index contributed by atoms with van der Waals surface area (Å²) in [5.41, 5.74) is 6.12. The minimum absolute atomic E-state index is 0.0439. The van der Waals surface area contributed by atoms with Crippen molar-refractivity contribution < 1.29 is 34.0 Å². The summed E-state index contributed by atoms with van der Waals surface area (Å²) in [6.07, 6.45) is 4.73. The van der Waals surface area contributed by atoms with Crippen LogP contribution in [0.15, 0.2) is 63.8 Å². The van der Waals surface area contributed by atoms with E-state index in [1.54, 1.807) is 18.2 Å². The number of hydrogen-bond acceptors (Lipinski definition) is 8. The minimum Gasteiger partial charge on any atom is -0.480 e. The monoisotopic (exact) mass is 657 g/mol. The predicted octanol–water partition coefficient (Wildman–Crippen LogP) is 3.74. The molecule has 2 aliphatic rings. The Balaban J connectivity index is 1.42. The van der Waals surface area contributed by atoms with E-state index >= 15 is 0 Å². The summed E-state index contributed by atoms with van der Waals surface area (Å²) in [6.45, 7) is 1.97. The fourth-order valence-electron chi connectivity index (χ4n) is 4.30. The molecule has 10 nitrogen and oxygen atoms in total. The zero-order valence-electron chi connectivity index (χ0n) is 21.7. The number of benzene rings is 1. The molecule has 1 aromatic heterocycles. The van der Waals surface area contributed by atoms with Crippen molar-refractivity contribution in [3.63, 3.8) is 0 Å². The molecule has 2 amide bonds. The van der Waals surface area contributed by atoms with Gasteiger partial charge in [0.05, 0.1) is 5.02 Å². The number of β-lactam (4-membered cyclic amide) rings is 1. The summed E-state index contributed by atoms with van der Waals surface area (Å²) in [5.74, 6) is -2.27. The number of halogens is 2. The molecular weight excluding hydrogens is 631 g/mol. The Hall–Kier alpha value is -2.42. The molecular formula is C26H27Cl2N4O6S3+. The van der Waals surface area contributed by atoms with Crippen molar-refractivity contribution in [2.75, 3.05) is 11.5 Å². The lowest BCUT2D eigenvalue weighted by molar-refractivity contribution is -0.697. The van der Waals surface area contributed by atoms with E-state index in [1.807, 2.05) is 29.1 Å². The molecule has 3 atom stereocenters. The standard InChI is InChI=1S/C26H26Cl2N4O6S3/c1-14(33)32(41-20-11-16(27)4-5-18(20)28)22-23(34)31-21(26(37)38)15(13-40-24(22)31)12-39-17-6-9-30(10-7-17)8-2-3-19(29)25(35)36/h4-7,9-11,19,22,24H,2-3,8,12-13,29H2,1H3,(H-,35,36,37,38)/p+1/t19-,22-,24+/m0/s1. The van der Waals surface area contributed by atoms with E-state index in [9.17, 15) is 24.3 Å². The summed E-state index contributed by atoms with van der Waals surface area (Å²) < 4.78 is 3.26. The molecule has 0 radical (unpaired) electrons. The number of hydrogen-bond donors (Lipinski definition) is 3. The number of aryl methyl sites for hydroxylation is 1. The molecule has 41 heavy (non-hydrogen) atoms. The van der Waals surface area contributed by atoms with Crippen molar-refractivity contribution in [2.24, 2.45) is 5.73 Å². The van der Waals surface area contributed by atoms with Crippen LogP contribution in [-0.2, 0) is 25.7 Å². The van der Waals surface area contributed by atoms with E-state index < -0.39 is 35.3 Å². The average Bonchev–Trinajstić information content (AvgIpc) is 2.93. The molecule has 4 rings (SSSR count). The quantitative estimate of drug-likeness (QED) is 0.134. The fourth-order valence-corrected chi connectivity index (χ4v) is 8.25. The Morgan fingerprint density at radius 2 is 1.93 bits per heavy atom. The van der Waals surface area contributed by atoms with Gasteiger partial charge in [0.15, 0.2) is 18.4 Å². The largest absolute Gasteiger partial charge is 0.480 e. The van der Waals surface area contributed by atoms with Gasteiger partial charge in [-0.2, -0.15) is 0 Å². The number of nitrogens with two attached hydrogens (primary N) is 1. The molecule has 0 bridgehead atoms. The van der Waals surface area contributed by atoms with Crippen LogP contribution in [0.3, 0.4) is 0 Å². The molecule has 1 fully saturated rings. The van der Waals surface area contributed by atoms with Crippen LogP contribution in [0.5, 0.6) is 0 Å². The maximum Gasteiger partial charge on any atom is 0.352 e. The van der Waals surface area contributed by atoms with Gasteiger partial charge in [-0.25, -0.2) is 9.36 Å². The van der Waals surface area contributed by atoms with Crippen LogP contribution in [0.4, 0.5) is 0 Å². The molecule has 2 aromatic rings. The van der Waals surface area contributed by atoms with Crippen molar-refractivity contribution in [3.05, 3.63) is 64.0 Å². The average molecular weight is 659 g/mol. The number of fused-ring (bicyclic) bond motifs is 1. The second kappa shape index (κ2) is 13.7. The summed E-state index contributed by atoms with van der Waals surface area (Å²) >= 11 is 16.2. The van der Waals surface area contributed by atoms with Crippen molar-refractivity contribution in [1.82, 2.24) is 9.21 Å². The maximum absolute atomic E-state index is 13.3. The molecule has 218 valence electrons. The third-order valence-electron chi connectivity index (χ3n) is 6.40. The molecule has 0 unspecified atom stereocenters. The van der Waals surface area contributed by atoms with Gasteiger partial charge in [-0.05, 0) is 42.1 Å². The number of nitrogens with zero attached hydrogens (tertiary/aromatic N) is 3. The third kappa shape index (κ3) is 7.33. The van der Waals surface area contributed by atoms with Gasteiger partial charge in [0.2, 0.25) is 5.91 Å². The SMILES string of the molecule is CC(=O)N(Sc1cc(Cl)ccc1Cl)[C@H]1C(=O)N2C(C(=O)O)=C(CSc3cc[n+](CCC[C@H](N)C(=O)O)cc3)CS[C@H]12. The zero-order valence-corrected chi connectivity index (χ0v) is 25.7. The number of pyridine rings is 1. The summed E-state index contributed by atoms with van der Waals surface area (Å²) in [5, 5.41) is 19.2. The van der Waals surface area contributed by atoms with Crippen LogP contribution < -0.4 is 10.3 Å². The van der Waals surface area contributed by atoms with Crippen LogP contribution in [0.25, 0.3) is 0 Å². The highest BCUT2D eigenvalue weighted by Crippen LogP contribution is 2.46. The second-order valence-electron chi connectivity index (χ2n) is 9.27. The number of amides is 2. The van der Waals surface area contributed by atoms with Crippen molar-refractivity contribution in [2.45, 2.75) is 53.6 Å². The number of thioether (sulfide) groups is 2. The topological polar surface area (TPSA) is 145 Å². The normalized spacial score (nSPS) is 18.9. The van der Waals surface area contributed by atoms with E-state index in [4.69, 9.17) is 34.0 Å². The fraction of sp³-hybridized carbons (Fsp3) is 0.346. The van der Waals surface area contributed by atoms with Crippen molar-refractivity contribution in [3.8, 4) is 0 Å². The third-order valence-corrected chi connectivity index (χ3v) is 10.7. The van der Waals surface area contributed by atoms with Gasteiger partial charge in [-0.3, -0.25) is 23.6 Å². The molecule has 3 heterocycles. The Morgan fingerprint density at radius 1 is 1.22 bits per heavy atom. The van der Waals surface area contributed by atoms with Gasteiger partial charge in [0.25, 0.3) is 5.91 Å². The number of rotatable bonds is 12.